The van der Waals surface area contributed by atoms with Crippen molar-refractivity contribution in [2.75, 3.05) is 0 Å². The molecule has 3 atom stereocenters. The Balaban J connectivity index is 2.32. The Kier molecular flexibility index (Phi) is 16.7. The fourth-order valence-electron chi connectivity index (χ4n) is 5.27. The van der Waals surface area contributed by atoms with Crippen molar-refractivity contribution in [3.8, 4) is 0 Å². The summed E-state index contributed by atoms with van der Waals surface area (Å²) < 4.78 is 0. The van der Waals surface area contributed by atoms with E-state index in [4.69, 9.17) is 0 Å². The summed E-state index contributed by atoms with van der Waals surface area (Å²) in [5.74, 6) is 2.94. The molecule has 0 aromatic carbocycles. The van der Waals surface area contributed by atoms with E-state index in [1.165, 1.54) is 135 Å². The Morgan fingerprint density at radius 1 is 0.481 bits per heavy atom. The lowest BCUT2D eigenvalue weighted by atomic mass is 9.82. The molecule has 0 aliphatic heterocycles. The first-order chi connectivity index (χ1) is 13.2. The Hall–Kier alpha value is 0. The zero-order chi connectivity index (χ0) is 19.6. The van der Waals surface area contributed by atoms with Gasteiger partial charge in [-0.2, -0.15) is 0 Å². The van der Waals surface area contributed by atoms with Gasteiger partial charge in [0.05, 0.1) is 0 Å². The average Bonchev–Trinajstić information content (AvgIpc) is 2.66. The van der Waals surface area contributed by atoms with Crippen LogP contribution in [0.15, 0.2) is 0 Å². The summed E-state index contributed by atoms with van der Waals surface area (Å²) in [6.07, 6.45) is 31.1. The van der Waals surface area contributed by atoms with E-state index in [1.54, 1.807) is 0 Å². The van der Waals surface area contributed by atoms with E-state index < -0.39 is 0 Å². The molecule has 3 unspecified atom stereocenters. The molecule has 0 amide bonds. The fraction of sp³-hybridized carbons (Fsp3) is 1.00. The van der Waals surface area contributed by atoms with Crippen LogP contribution in [0, 0.1) is 17.8 Å². The summed E-state index contributed by atoms with van der Waals surface area (Å²) in [6.45, 7) is 7.44. The van der Waals surface area contributed by atoms with Crippen molar-refractivity contribution in [3.05, 3.63) is 0 Å². The van der Waals surface area contributed by atoms with Crippen LogP contribution in [-0.2, 0) is 0 Å². The lowest BCUT2D eigenvalue weighted by Gasteiger charge is -2.24. The maximum Gasteiger partial charge on any atom is -0.0389 e. The molecule has 1 saturated carbocycles. The zero-order valence-corrected chi connectivity index (χ0v) is 19.6. The molecule has 162 valence electrons. The molecule has 1 fully saturated rings. The molecular formula is C27H54. The standard InChI is InChI=1S/C27H54/c1-4-20-27-24-19-13-11-9-7-5-6-8-10-12-16-21-25(2)22-17-14-15-18-23-26(27)3/h25-27H,4-24H2,1-3H3. The molecule has 0 saturated heterocycles. The third-order valence-electron chi connectivity index (χ3n) is 7.34. The van der Waals surface area contributed by atoms with E-state index in [2.05, 4.69) is 20.8 Å². The Morgan fingerprint density at radius 3 is 1.30 bits per heavy atom. The predicted octanol–water partition coefficient (Wildman–Crippen LogP) is 10.1. The molecule has 0 spiro atoms. The third-order valence-corrected chi connectivity index (χ3v) is 7.34. The van der Waals surface area contributed by atoms with Gasteiger partial charge in [0.15, 0.2) is 0 Å². The maximum absolute atomic E-state index is 2.56. The zero-order valence-electron chi connectivity index (χ0n) is 19.6. The molecule has 1 aliphatic carbocycles. The second-order valence-electron chi connectivity index (χ2n) is 10.1. The molecule has 0 heterocycles. The van der Waals surface area contributed by atoms with E-state index in [0.29, 0.717) is 0 Å². The summed E-state index contributed by atoms with van der Waals surface area (Å²) in [5, 5.41) is 0. The van der Waals surface area contributed by atoms with Gasteiger partial charge in [-0.1, -0.05) is 156 Å². The molecular weight excluding hydrogens is 324 g/mol. The number of hydrogen-bond donors (Lipinski definition) is 0. The van der Waals surface area contributed by atoms with Gasteiger partial charge in [-0.25, -0.2) is 0 Å². The van der Waals surface area contributed by atoms with Gasteiger partial charge in [0.2, 0.25) is 0 Å². The monoisotopic (exact) mass is 378 g/mol. The van der Waals surface area contributed by atoms with Crippen molar-refractivity contribution in [3.63, 3.8) is 0 Å². The highest BCUT2D eigenvalue weighted by atomic mass is 14.2. The van der Waals surface area contributed by atoms with E-state index in [9.17, 15) is 0 Å². The molecule has 0 radical (unpaired) electrons. The fourth-order valence-corrected chi connectivity index (χ4v) is 5.27. The summed E-state index contributed by atoms with van der Waals surface area (Å²) in [7, 11) is 0. The van der Waals surface area contributed by atoms with Crippen LogP contribution >= 0.6 is 0 Å². The predicted molar refractivity (Wildman–Crippen MR) is 124 cm³/mol. The number of hydrogen-bond acceptors (Lipinski definition) is 0. The van der Waals surface area contributed by atoms with Gasteiger partial charge in [0.1, 0.15) is 0 Å². The van der Waals surface area contributed by atoms with Crippen molar-refractivity contribution < 1.29 is 0 Å². The highest BCUT2D eigenvalue weighted by molar-refractivity contribution is 4.67. The van der Waals surface area contributed by atoms with Gasteiger partial charge in [-0.05, 0) is 17.8 Å². The van der Waals surface area contributed by atoms with Gasteiger partial charge >= 0.3 is 0 Å². The smallest absolute Gasteiger partial charge is 0.0389 e. The van der Waals surface area contributed by atoms with Gasteiger partial charge in [0.25, 0.3) is 0 Å². The van der Waals surface area contributed by atoms with E-state index in [0.717, 1.165) is 17.8 Å². The molecule has 0 N–H and O–H groups in total. The van der Waals surface area contributed by atoms with E-state index in [1.807, 2.05) is 0 Å². The largest absolute Gasteiger partial charge is 0.0654 e. The van der Waals surface area contributed by atoms with Crippen LogP contribution in [-0.4, -0.2) is 0 Å². The summed E-state index contributed by atoms with van der Waals surface area (Å²) in [6, 6.07) is 0. The molecule has 0 heteroatoms. The summed E-state index contributed by atoms with van der Waals surface area (Å²) >= 11 is 0. The quantitative estimate of drug-likeness (QED) is 0.448. The Bertz CT molecular complexity index is 294. The van der Waals surface area contributed by atoms with Crippen molar-refractivity contribution in [2.24, 2.45) is 17.8 Å². The van der Waals surface area contributed by atoms with Crippen molar-refractivity contribution in [1.29, 1.82) is 0 Å². The van der Waals surface area contributed by atoms with Crippen LogP contribution in [0.25, 0.3) is 0 Å². The summed E-state index contributed by atoms with van der Waals surface area (Å²) in [4.78, 5) is 0. The minimum Gasteiger partial charge on any atom is -0.0654 e. The lowest BCUT2D eigenvalue weighted by Crippen LogP contribution is -2.12. The highest BCUT2D eigenvalue weighted by Gasteiger charge is 2.16. The minimum atomic E-state index is 0.960. The molecule has 0 aromatic rings. The van der Waals surface area contributed by atoms with Gasteiger partial charge in [-0.15, -0.1) is 0 Å². The van der Waals surface area contributed by atoms with Gasteiger partial charge < -0.3 is 0 Å². The second-order valence-corrected chi connectivity index (χ2v) is 10.1. The Morgan fingerprint density at radius 2 is 0.852 bits per heavy atom. The van der Waals surface area contributed by atoms with Crippen molar-refractivity contribution in [1.82, 2.24) is 0 Å². The van der Waals surface area contributed by atoms with E-state index in [-0.39, 0.29) is 0 Å². The molecule has 1 aliphatic rings. The topological polar surface area (TPSA) is 0 Å². The first kappa shape index (κ1) is 25.0. The molecule has 0 nitrogen and oxygen atoms in total. The van der Waals surface area contributed by atoms with Crippen LogP contribution in [0.4, 0.5) is 0 Å². The van der Waals surface area contributed by atoms with Crippen LogP contribution in [0.3, 0.4) is 0 Å². The van der Waals surface area contributed by atoms with Crippen molar-refractivity contribution in [2.45, 2.75) is 156 Å². The normalized spacial score (nSPS) is 30.1. The Labute approximate surface area is 173 Å². The van der Waals surface area contributed by atoms with Gasteiger partial charge in [-0.3, -0.25) is 0 Å². The first-order valence-electron chi connectivity index (χ1n) is 13.2. The minimum absolute atomic E-state index is 0.960. The highest BCUT2D eigenvalue weighted by Crippen LogP contribution is 2.29. The maximum atomic E-state index is 2.56. The lowest BCUT2D eigenvalue weighted by molar-refractivity contribution is 0.280. The van der Waals surface area contributed by atoms with Gasteiger partial charge in [0, 0.05) is 0 Å². The van der Waals surface area contributed by atoms with E-state index >= 15 is 0 Å². The molecule has 0 bridgehead atoms. The average molecular weight is 379 g/mol. The summed E-state index contributed by atoms with van der Waals surface area (Å²) in [5.41, 5.74) is 0. The molecule has 0 aromatic heterocycles. The van der Waals surface area contributed by atoms with Crippen LogP contribution < -0.4 is 0 Å². The molecule has 1 rings (SSSR count). The SMILES string of the molecule is CCCC1CCCCCCCCCCCCCC(C)CCCCCCC1C. The van der Waals surface area contributed by atoms with Crippen LogP contribution in [0.1, 0.15) is 156 Å². The second kappa shape index (κ2) is 18.1. The third kappa shape index (κ3) is 14.6. The van der Waals surface area contributed by atoms with Crippen molar-refractivity contribution >= 4 is 0 Å². The first-order valence-corrected chi connectivity index (χ1v) is 13.2. The van der Waals surface area contributed by atoms with Crippen LogP contribution in [0.2, 0.25) is 0 Å². The number of rotatable bonds is 2. The van der Waals surface area contributed by atoms with Crippen LogP contribution in [0.5, 0.6) is 0 Å². The molecule has 27 heavy (non-hydrogen) atoms.